The Labute approximate surface area is 163 Å². The van der Waals surface area contributed by atoms with E-state index in [0.717, 1.165) is 32.8 Å². The summed E-state index contributed by atoms with van der Waals surface area (Å²) in [4.78, 5) is 34.6. The van der Waals surface area contributed by atoms with E-state index in [1.807, 2.05) is 0 Å². The normalized spacial score (nSPS) is 14.3. The lowest BCUT2D eigenvalue weighted by Crippen LogP contribution is -2.41. The summed E-state index contributed by atoms with van der Waals surface area (Å²) < 4.78 is 10.0. The Morgan fingerprint density at radius 2 is 2.07 bits per heavy atom. The van der Waals surface area contributed by atoms with Crippen LogP contribution in [-0.2, 0) is 9.47 Å². The van der Waals surface area contributed by atoms with Crippen molar-refractivity contribution in [2.24, 2.45) is 0 Å². The van der Waals surface area contributed by atoms with Crippen LogP contribution in [0.5, 0.6) is 0 Å². The van der Waals surface area contributed by atoms with E-state index in [2.05, 4.69) is 25.5 Å². The molecule has 1 amide bonds. The zero-order valence-electron chi connectivity index (χ0n) is 15.7. The van der Waals surface area contributed by atoms with Gasteiger partial charge in [0.25, 0.3) is 5.91 Å². The zero-order chi connectivity index (χ0) is 19.8. The van der Waals surface area contributed by atoms with Crippen molar-refractivity contribution in [3.05, 3.63) is 47.8 Å². The van der Waals surface area contributed by atoms with Gasteiger partial charge in [-0.1, -0.05) is 6.07 Å². The molecule has 0 saturated carbocycles. The number of rotatable bonds is 7. The summed E-state index contributed by atoms with van der Waals surface area (Å²) in [6, 6.07) is 8.32. The van der Waals surface area contributed by atoms with Crippen LogP contribution in [-0.4, -0.2) is 73.2 Å². The third-order valence-corrected chi connectivity index (χ3v) is 4.25. The number of nitrogens with zero attached hydrogens (tertiary/aromatic N) is 3. The highest BCUT2D eigenvalue weighted by atomic mass is 16.5. The molecule has 1 aliphatic heterocycles. The molecule has 28 heavy (non-hydrogen) atoms. The Kier molecular flexibility index (Phi) is 6.88. The quantitative estimate of drug-likeness (QED) is 0.682. The van der Waals surface area contributed by atoms with Crippen molar-refractivity contribution in [2.45, 2.75) is 0 Å². The number of anilines is 2. The number of methoxy groups -OCH3 is 1. The molecule has 1 aromatic heterocycles. The number of amides is 1. The molecule has 1 aromatic carbocycles. The second-order valence-electron chi connectivity index (χ2n) is 6.17. The molecule has 2 aromatic rings. The summed E-state index contributed by atoms with van der Waals surface area (Å²) in [5, 5.41) is 5.86. The lowest BCUT2D eigenvalue weighted by Gasteiger charge is -2.26. The van der Waals surface area contributed by atoms with Crippen LogP contribution in [0.4, 0.5) is 11.6 Å². The van der Waals surface area contributed by atoms with Gasteiger partial charge < -0.3 is 20.1 Å². The molecule has 0 radical (unpaired) electrons. The average molecular weight is 385 g/mol. The average Bonchev–Trinajstić information content (AvgIpc) is 2.74. The lowest BCUT2D eigenvalue weighted by molar-refractivity contribution is 0.0383. The van der Waals surface area contributed by atoms with Gasteiger partial charge in [-0.05, 0) is 24.3 Å². The first-order valence-electron chi connectivity index (χ1n) is 9.02. The van der Waals surface area contributed by atoms with Crippen molar-refractivity contribution in [1.82, 2.24) is 20.2 Å². The number of esters is 1. The number of nitrogens with one attached hydrogen (secondary N) is 2. The highest BCUT2D eigenvalue weighted by Gasteiger charge is 2.12. The second-order valence-corrected chi connectivity index (χ2v) is 6.17. The van der Waals surface area contributed by atoms with Gasteiger partial charge in [-0.15, -0.1) is 0 Å². The molecular formula is C19H23N5O4. The lowest BCUT2D eigenvalue weighted by atomic mass is 10.2. The fraction of sp³-hybridized carbons (Fsp3) is 0.368. The summed E-state index contributed by atoms with van der Waals surface area (Å²) >= 11 is 0. The Bertz CT molecular complexity index is 823. The minimum Gasteiger partial charge on any atom is -0.465 e. The minimum atomic E-state index is -0.432. The van der Waals surface area contributed by atoms with Gasteiger partial charge in [0.2, 0.25) is 5.95 Å². The van der Waals surface area contributed by atoms with Gasteiger partial charge in [0, 0.05) is 38.1 Å². The van der Waals surface area contributed by atoms with Crippen molar-refractivity contribution in [3.8, 4) is 0 Å². The predicted molar refractivity (Wildman–Crippen MR) is 103 cm³/mol. The maximum atomic E-state index is 12.3. The fourth-order valence-corrected chi connectivity index (χ4v) is 2.76. The van der Waals surface area contributed by atoms with Gasteiger partial charge in [0.05, 0.1) is 25.9 Å². The first-order valence-corrected chi connectivity index (χ1v) is 9.02. The van der Waals surface area contributed by atoms with E-state index in [9.17, 15) is 9.59 Å². The minimum absolute atomic E-state index is 0.262. The molecule has 3 rings (SSSR count). The number of ether oxygens (including phenoxy) is 2. The molecular weight excluding hydrogens is 362 g/mol. The number of morpholine rings is 1. The number of hydrogen-bond acceptors (Lipinski definition) is 8. The number of benzene rings is 1. The highest BCUT2D eigenvalue weighted by molar-refractivity contribution is 5.92. The molecule has 0 bridgehead atoms. The number of carbonyl (C=O) groups excluding carboxylic acids is 2. The van der Waals surface area contributed by atoms with Crippen molar-refractivity contribution >= 4 is 23.5 Å². The van der Waals surface area contributed by atoms with Crippen LogP contribution >= 0.6 is 0 Å². The van der Waals surface area contributed by atoms with Crippen molar-refractivity contribution in [2.75, 3.05) is 51.8 Å². The molecule has 2 heterocycles. The van der Waals surface area contributed by atoms with Crippen molar-refractivity contribution in [3.63, 3.8) is 0 Å². The van der Waals surface area contributed by atoms with Crippen LogP contribution < -0.4 is 10.6 Å². The number of carbonyl (C=O) groups is 2. The van der Waals surface area contributed by atoms with E-state index in [0.29, 0.717) is 17.8 Å². The molecule has 148 valence electrons. The summed E-state index contributed by atoms with van der Waals surface area (Å²) in [6.45, 7) is 4.51. The zero-order valence-corrected chi connectivity index (χ0v) is 15.7. The number of hydrogen-bond donors (Lipinski definition) is 2. The van der Waals surface area contributed by atoms with E-state index in [1.165, 1.54) is 13.3 Å². The topological polar surface area (TPSA) is 106 Å². The smallest absolute Gasteiger partial charge is 0.337 e. The summed E-state index contributed by atoms with van der Waals surface area (Å²) in [6.07, 6.45) is 1.51. The molecule has 1 fully saturated rings. The monoisotopic (exact) mass is 385 g/mol. The second kappa shape index (κ2) is 9.77. The summed E-state index contributed by atoms with van der Waals surface area (Å²) in [5.41, 5.74) is 1.29. The SMILES string of the molecule is COC(=O)c1cccc(Nc2nccc(C(=O)NCCN3CCOCC3)n2)c1. The Morgan fingerprint density at radius 1 is 1.25 bits per heavy atom. The van der Waals surface area contributed by atoms with E-state index in [1.54, 1.807) is 30.3 Å². The van der Waals surface area contributed by atoms with E-state index in [-0.39, 0.29) is 17.5 Å². The molecule has 2 N–H and O–H groups in total. The van der Waals surface area contributed by atoms with Gasteiger partial charge in [-0.2, -0.15) is 0 Å². The van der Waals surface area contributed by atoms with Gasteiger partial charge in [0.15, 0.2) is 0 Å². The molecule has 0 aliphatic carbocycles. The van der Waals surface area contributed by atoms with Gasteiger partial charge in [-0.3, -0.25) is 9.69 Å². The molecule has 0 atom stereocenters. The van der Waals surface area contributed by atoms with Crippen LogP contribution in [0.25, 0.3) is 0 Å². The third kappa shape index (κ3) is 5.48. The third-order valence-electron chi connectivity index (χ3n) is 4.25. The number of aromatic nitrogens is 2. The van der Waals surface area contributed by atoms with Crippen LogP contribution in [0.2, 0.25) is 0 Å². The van der Waals surface area contributed by atoms with Crippen molar-refractivity contribution in [1.29, 1.82) is 0 Å². The first-order chi connectivity index (χ1) is 13.7. The van der Waals surface area contributed by atoms with E-state index >= 15 is 0 Å². The Balaban J connectivity index is 1.57. The fourth-order valence-electron chi connectivity index (χ4n) is 2.76. The van der Waals surface area contributed by atoms with Crippen LogP contribution in [0.3, 0.4) is 0 Å². The van der Waals surface area contributed by atoms with Crippen LogP contribution in [0.1, 0.15) is 20.8 Å². The van der Waals surface area contributed by atoms with E-state index in [4.69, 9.17) is 9.47 Å². The van der Waals surface area contributed by atoms with Crippen molar-refractivity contribution < 1.29 is 19.1 Å². The molecule has 1 saturated heterocycles. The summed E-state index contributed by atoms with van der Waals surface area (Å²) in [7, 11) is 1.33. The molecule has 0 spiro atoms. The molecule has 1 aliphatic rings. The van der Waals surface area contributed by atoms with Gasteiger partial charge in [-0.25, -0.2) is 14.8 Å². The molecule has 0 unspecified atom stereocenters. The maximum Gasteiger partial charge on any atom is 0.337 e. The summed E-state index contributed by atoms with van der Waals surface area (Å²) in [5.74, 6) is -0.428. The maximum absolute atomic E-state index is 12.3. The van der Waals surface area contributed by atoms with Gasteiger partial charge in [0.1, 0.15) is 5.69 Å². The first kappa shape index (κ1) is 19.7. The Morgan fingerprint density at radius 3 is 2.86 bits per heavy atom. The standard InChI is InChI=1S/C19H23N5O4/c1-27-18(26)14-3-2-4-15(13-14)22-19-21-6-5-16(23-19)17(25)20-7-8-24-9-11-28-12-10-24/h2-6,13H,7-12H2,1H3,(H,20,25)(H,21,22,23). The Hall–Kier alpha value is -3.04. The molecule has 9 heteroatoms. The predicted octanol–water partition coefficient (Wildman–Crippen LogP) is 1.07. The van der Waals surface area contributed by atoms with Gasteiger partial charge >= 0.3 is 5.97 Å². The van der Waals surface area contributed by atoms with E-state index < -0.39 is 5.97 Å². The largest absolute Gasteiger partial charge is 0.465 e. The molecule has 9 nitrogen and oxygen atoms in total. The highest BCUT2D eigenvalue weighted by Crippen LogP contribution is 2.15. The van der Waals surface area contributed by atoms with Crippen LogP contribution in [0.15, 0.2) is 36.5 Å². The van der Waals surface area contributed by atoms with Crippen LogP contribution in [0, 0.1) is 0 Å².